The van der Waals surface area contributed by atoms with Crippen molar-refractivity contribution >= 4 is 21.8 Å². The van der Waals surface area contributed by atoms with Crippen LogP contribution in [-0.4, -0.2) is 26.8 Å². The van der Waals surface area contributed by atoms with Crippen molar-refractivity contribution in [1.29, 1.82) is 0 Å². The summed E-state index contributed by atoms with van der Waals surface area (Å²) in [4.78, 5) is 25.0. The van der Waals surface area contributed by atoms with E-state index >= 15 is 0 Å². The van der Waals surface area contributed by atoms with Crippen LogP contribution >= 0.6 is 0 Å². The second-order valence-electron chi connectivity index (χ2n) is 4.73. The summed E-state index contributed by atoms with van der Waals surface area (Å²) in [6.45, 7) is 2.26. The average Bonchev–Trinajstić information content (AvgIpc) is 3.12. The Balaban J connectivity index is 1.87. The van der Waals surface area contributed by atoms with Gasteiger partial charge in [0.15, 0.2) is 0 Å². The fraction of sp³-hybridized carbons (Fsp3) is 0.200. The van der Waals surface area contributed by atoms with Crippen molar-refractivity contribution in [2.45, 2.75) is 18.4 Å². The third-order valence-corrected chi connectivity index (χ3v) is 4.22. The Labute approximate surface area is 144 Å². The lowest BCUT2D eigenvalue weighted by Gasteiger charge is -2.09. The highest BCUT2D eigenvalue weighted by Gasteiger charge is 2.19. The van der Waals surface area contributed by atoms with E-state index in [2.05, 4.69) is 5.32 Å². The SMILES string of the molecule is CCOc1ccc(S(=O)(=O)NNC(=O)C(=O)NCc2ccco2)cc1. The van der Waals surface area contributed by atoms with Crippen molar-refractivity contribution in [3.63, 3.8) is 0 Å². The van der Waals surface area contributed by atoms with Gasteiger partial charge in [-0.2, -0.15) is 0 Å². The van der Waals surface area contributed by atoms with E-state index in [9.17, 15) is 18.0 Å². The van der Waals surface area contributed by atoms with Gasteiger partial charge in [-0.05, 0) is 43.3 Å². The zero-order valence-corrected chi connectivity index (χ0v) is 14.1. The summed E-state index contributed by atoms with van der Waals surface area (Å²) in [6.07, 6.45) is 1.42. The van der Waals surface area contributed by atoms with E-state index < -0.39 is 21.8 Å². The largest absolute Gasteiger partial charge is 0.494 e. The Morgan fingerprint density at radius 3 is 2.44 bits per heavy atom. The number of amides is 2. The van der Waals surface area contributed by atoms with E-state index in [1.165, 1.54) is 30.5 Å². The van der Waals surface area contributed by atoms with E-state index in [1.807, 2.05) is 10.3 Å². The Bertz CT molecular complexity index is 815. The lowest BCUT2D eigenvalue weighted by molar-refractivity contribution is -0.139. The molecule has 134 valence electrons. The fourth-order valence-electron chi connectivity index (χ4n) is 1.77. The van der Waals surface area contributed by atoms with E-state index in [4.69, 9.17) is 9.15 Å². The Kier molecular flexibility index (Phi) is 6.14. The second-order valence-corrected chi connectivity index (χ2v) is 6.41. The molecule has 0 saturated heterocycles. The van der Waals surface area contributed by atoms with Crippen LogP contribution in [0, 0.1) is 0 Å². The topological polar surface area (TPSA) is 127 Å². The molecule has 0 bridgehead atoms. The molecule has 0 unspecified atom stereocenters. The van der Waals surface area contributed by atoms with Crippen molar-refractivity contribution in [2.24, 2.45) is 0 Å². The minimum Gasteiger partial charge on any atom is -0.494 e. The van der Waals surface area contributed by atoms with Gasteiger partial charge in [-0.25, -0.2) is 8.42 Å². The number of carbonyl (C=O) groups excluding carboxylic acids is 2. The number of hydrazine groups is 1. The zero-order valence-electron chi connectivity index (χ0n) is 13.3. The molecule has 0 spiro atoms. The van der Waals surface area contributed by atoms with Crippen molar-refractivity contribution in [3.8, 4) is 5.75 Å². The molecule has 25 heavy (non-hydrogen) atoms. The first-order valence-electron chi connectivity index (χ1n) is 7.27. The van der Waals surface area contributed by atoms with Gasteiger partial charge < -0.3 is 14.5 Å². The fourth-order valence-corrected chi connectivity index (χ4v) is 2.61. The number of hydrogen-bond acceptors (Lipinski definition) is 6. The molecular weight excluding hydrogens is 350 g/mol. The Hall–Kier alpha value is -2.85. The number of rotatable bonds is 7. The quantitative estimate of drug-likeness (QED) is 0.477. The van der Waals surface area contributed by atoms with Crippen LogP contribution in [0.25, 0.3) is 0 Å². The minimum atomic E-state index is -4.01. The molecule has 1 aromatic carbocycles. The monoisotopic (exact) mass is 367 g/mol. The lowest BCUT2D eigenvalue weighted by atomic mass is 10.3. The van der Waals surface area contributed by atoms with Gasteiger partial charge >= 0.3 is 11.8 Å². The molecule has 3 N–H and O–H groups in total. The van der Waals surface area contributed by atoms with Gasteiger partial charge in [0.2, 0.25) is 0 Å². The number of hydrogen-bond donors (Lipinski definition) is 3. The van der Waals surface area contributed by atoms with Crippen LogP contribution < -0.4 is 20.3 Å². The number of ether oxygens (including phenoxy) is 1. The van der Waals surface area contributed by atoms with Crippen LogP contribution in [0.2, 0.25) is 0 Å². The average molecular weight is 367 g/mol. The summed E-state index contributed by atoms with van der Waals surface area (Å²) < 4.78 is 34.3. The molecule has 0 aliphatic carbocycles. The molecule has 0 atom stereocenters. The second kappa shape index (κ2) is 8.31. The maximum Gasteiger partial charge on any atom is 0.324 e. The summed E-state index contributed by atoms with van der Waals surface area (Å²) in [5.41, 5.74) is 1.84. The van der Waals surface area contributed by atoms with Crippen molar-refractivity contribution in [2.75, 3.05) is 6.61 Å². The molecule has 0 aliphatic heterocycles. The van der Waals surface area contributed by atoms with Gasteiger partial charge in [0.25, 0.3) is 10.0 Å². The van der Waals surface area contributed by atoms with Crippen LogP contribution in [0.1, 0.15) is 12.7 Å². The predicted octanol–water partition coefficient (Wildman–Crippen LogP) is 0.304. The minimum absolute atomic E-state index is 0.00486. The smallest absolute Gasteiger partial charge is 0.324 e. The van der Waals surface area contributed by atoms with Gasteiger partial charge in [-0.1, -0.05) is 0 Å². The number of nitrogens with one attached hydrogen (secondary N) is 3. The number of benzene rings is 1. The summed E-state index contributed by atoms with van der Waals surface area (Å²) in [5.74, 6) is -1.19. The predicted molar refractivity (Wildman–Crippen MR) is 86.6 cm³/mol. The van der Waals surface area contributed by atoms with Gasteiger partial charge in [0.1, 0.15) is 11.5 Å². The summed E-state index contributed by atoms with van der Waals surface area (Å²) in [5, 5.41) is 2.29. The van der Waals surface area contributed by atoms with E-state index in [0.29, 0.717) is 18.1 Å². The maximum atomic E-state index is 12.1. The summed E-state index contributed by atoms with van der Waals surface area (Å²) >= 11 is 0. The van der Waals surface area contributed by atoms with Gasteiger partial charge in [-0.3, -0.25) is 15.0 Å². The molecule has 0 aliphatic rings. The first-order valence-corrected chi connectivity index (χ1v) is 8.76. The first-order chi connectivity index (χ1) is 11.9. The summed E-state index contributed by atoms with van der Waals surface area (Å²) in [7, 11) is -4.01. The molecule has 9 nitrogen and oxygen atoms in total. The van der Waals surface area contributed by atoms with Gasteiger partial charge in [0.05, 0.1) is 24.3 Å². The number of sulfonamides is 1. The molecule has 0 radical (unpaired) electrons. The van der Waals surface area contributed by atoms with Crippen molar-refractivity contribution in [1.82, 2.24) is 15.6 Å². The van der Waals surface area contributed by atoms with Crippen LogP contribution in [0.3, 0.4) is 0 Å². The molecule has 1 aromatic heterocycles. The van der Waals surface area contributed by atoms with Gasteiger partial charge in [0, 0.05) is 0 Å². The first kappa shape index (κ1) is 18.5. The highest BCUT2D eigenvalue weighted by molar-refractivity contribution is 7.89. The highest BCUT2D eigenvalue weighted by Crippen LogP contribution is 2.15. The van der Waals surface area contributed by atoms with Crippen LogP contribution in [0.5, 0.6) is 5.75 Å². The normalized spacial score (nSPS) is 10.9. The maximum absolute atomic E-state index is 12.1. The molecular formula is C15H17N3O6S. The zero-order chi connectivity index (χ0) is 18.3. The van der Waals surface area contributed by atoms with Crippen LogP contribution in [0.4, 0.5) is 0 Å². The van der Waals surface area contributed by atoms with Crippen LogP contribution in [-0.2, 0) is 26.2 Å². The van der Waals surface area contributed by atoms with Gasteiger partial charge in [-0.15, -0.1) is 4.83 Å². The third-order valence-electron chi connectivity index (χ3n) is 2.95. The molecule has 1 heterocycles. The molecule has 2 rings (SSSR count). The van der Waals surface area contributed by atoms with E-state index in [0.717, 1.165) is 0 Å². The molecule has 0 saturated carbocycles. The third kappa shape index (κ3) is 5.33. The molecule has 10 heteroatoms. The highest BCUT2D eigenvalue weighted by atomic mass is 32.2. The Morgan fingerprint density at radius 2 is 1.84 bits per heavy atom. The van der Waals surface area contributed by atoms with Crippen LogP contribution in [0.15, 0.2) is 52.0 Å². The molecule has 2 aromatic rings. The van der Waals surface area contributed by atoms with E-state index in [1.54, 1.807) is 19.1 Å². The standard InChI is InChI=1S/C15H17N3O6S/c1-2-23-11-5-7-13(8-6-11)25(21,22)18-17-15(20)14(19)16-10-12-4-3-9-24-12/h3-9,18H,2,10H2,1H3,(H,16,19)(H,17,20). The summed E-state index contributed by atoms with van der Waals surface area (Å²) in [6, 6.07) is 8.85. The Morgan fingerprint density at radius 1 is 1.12 bits per heavy atom. The molecule has 0 fully saturated rings. The van der Waals surface area contributed by atoms with Crippen molar-refractivity contribution in [3.05, 3.63) is 48.4 Å². The number of carbonyl (C=O) groups is 2. The molecule has 2 amide bonds. The van der Waals surface area contributed by atoms with E-state index in [-0.39, 0.29) is 11.4 Å². The lowest BCUT2D eigenvalue weighted by Crippen LogP contribution is -2.48. The van der Waals surface area contributed by atoms with Crippen molar-refractivity contribution < 1.29 is 27.2 Å². The number of furan rings is 1.